The van der Waals surface area contributed by atoms with E-state index in [1.807, 2.05) is 6.08 Å². The molecule has 2 rings (SSSR count). The standard InChI is InChI=1S/C21H38Si/c1-3-5-6-7-8-18-9-11-19(12-10-18)20-13-15-21(16-14-20)22-17-4-2/h3,7-8,18-21H,1,4-6,9-17,22H2,2H3. The summed E-state index contributed by atoms with van der Waals surface area (Å²) in [5, 5.41) is 0. The van der Waals surface area contributed by atoms with Crippen LogP contribution in [0.4, 0.5) is 0 Å². The fourth-order valence-electron chi connectivity index (χ4n) is 4.75. The largest absolute Gasteiger partial charge is 0.103 e. The molecule has 0 heterocycles. The summed E-state index contributed by atoms with van der Waals surface area (Å²) in [5.74, 6) is 3.05. The lowest BCUT2D eigenvalue weighted by Gasteiger charge is -2.37. The summed E-state index contributed by atoms with van der Waals surface area (Å²) in [7, 11) is 0.276. The summed E-state index contributed by atoms with van der Waals surface area (Å²) in [6, 6.07) is 1.60. The molecule has 0 atom stereocenters. The van der Waals surface area contributed by atoms with Crippen molar-refractivity contribution in [3.05, 3.63) is 24.8 Å². The Balaban J connectivity index is 1.63. The van der Waals surface area contributed by atoms with Crippen LogP contribution in [-0.4, -0.2) is 9.52 Å². The average Bonchev–Trinajstić information content (AvgIpc) is 2.58. The number of hydrogen-bond donors (Lipinski definition) is 0. The van der Waals surface area contributed by atoms with E-state index >= 15 is 0 Å². The molecule has 2 saturated carbocycles. The molecule has 0 N–H and O–H groups in total. The third-order valence-corrected chi connectivity index (χ3v) is 9.03. The normalized spacial score (nSPS) is 33.7. The van der Waals surface area contributed by atoms with Gasteiger partial charge in [-0.2, -0.15) is 0 Å². The van der Waals surface area contributed by atoms with Gasteiger partial charge < -0.3 is 0 Å². The third-order valence-electron chi connectivity index (χ3n) is 6.29. The van der Waals surface area contributed by atoms with Gasteiger partial charge in [0.15, 0.2) is 0 Å². The lowest BCUT2D eigenvalue weighted by molar-refractivity contribution is 0.180. The Bertz CT molecular complexity index is 317. The van der Waals surface area contributed by atoms with Crippen LogP contribution in [0.15, 0.2) is 24.8 Å². The Morgan fingerprint density at radius 2 is 1.55 bits per heavy atom. The van der Waals surface area contributed by atoms with Gasteiger partial charge in [0.25, 0.3) is 0 Å². The maximum atomic E-state index is 3.80. The fraction of sp³-hybridized carbons (Fsp3) is 0.810. The SMILES string of the molecule is C=CCCC=CC1CCC(C2CCC([SiH2]CCC)CC2)CC1. The van der Waals surface area contributed by atoms with Crippen molar-refractivity contribution in [2.45, 2.75) is 89.1 Å². The minimum absolute atomic E-state index is 0.276. The van der Waals surface area contributed by atoms with E-state index in [1.165, 1.54) is 44.1 Å². The Morgan fingerprint density at radius 1 is 0.909 bits per heavy atom. The van der Waals surface area contributed by atoms with Gasteiger partial charge in [-0.25, -0.2) is 0 Å². The minimum atomic E-state index is 0.276. The van der Waals surface area contributed by atoms with Crippen LogP contribution in [0.3, 0.4) is 0 Å². The highest BCUT2D eigenvalue weighted by molar-refractivity contribution is 6.37. The van der Waals surface area contributed by atoms with Crippen LogP contribution in [-0.2, 0) is 0 Å². The lowest BCUT2D eigenvalue weighted by atomic mass is 9.71. The van der Waals surface area contributed by atoms with Crippen LogP contribution in [0.2, 0.25) is 11.6 Å². The molecule has 2 aliphatic rings. The molecule has 0 aromatic rings. The molecular weight excluding hydrogens is 280 g/mol. The summed E-state index contributed by atoms with van der Waals surface area (Å²) in [6.45, 7) is 6.16. The molecular formula is C21H38Si. The van der Waals surface area contributed by atoms with Gasteiger partial charge in [-0.3, -0.25) is 0 Å². The molecule has 2 aliphatic carbocycles. The number of hydrogen-bond acceptors (Lipinski definition) is 0. The van der Waals surface area contributed by atoms with Gasteiger partial charge in [0.1, 0.15) is 0 Å². The minimum Gasteiger partial charge on any atom is -0.103 e. The maximum Gasteiger partial charge on any atom is 0.0231 e. The van der Waals surface area contributed by atoms with E-state index in [4.69, 9.17) is 0 Å². The monoisotopic (exact) mass is 318 g/mol. The Kier molecular flexibility index (Phi) is 8.58. The van der Waals surface area contributed by atoms with Crippen molar-refractivity contribution in [2.24, 2.45) is 17.8 Å². The molecule has 0 amide bonds. The molecule has 0 aromatic carbocycles. The Hall–Kier alpha value is -0.303. The highest BCUT2D eigenvalue weighted by Gasteiger charge is 2.30. The zero-order valence-electron chi connectivity index (χ0n) is 14.9. The zero-order chi connectivity index (χ0) is 15.6. The van der Waals surface area contributed by atoms with Crippen molar-refractivity contribution >= 4 is 9.52 Å². The summed E-state index contributed by atoms with van der Waals surface area (Å²) in [5.41, 5.74) is 1.21. The first-order valence-corrected chi connectivity index (χ1v) is 11.9. The van der Waals surface area contributed by atoms with E-state index in [2.05, 4.69) is 25.7 Å². The first kappa shape index (κ1) is 18.0. The van der Waals surface area contributed by atoms with E-state index in [9.17, 15) is 0 Å². The quantitative estimate of drug-likeness (QED) is 0.280. The van der Waals surface area contributed by atoms with Crippen molar-refractivity contribution in [3.8, 4) is 0 Å². The van der Waals surface area contributed by atoms with Gasteiger partial charge in [0.2, 0.25) is 0 Å². The van der Waals surface area contributed by atoms with Crippen LogP contribution in [0.25, 0.3) is 0 Å². The smallest absolute Gasteiger partial charge is 0.0231 e. The molecule has 0 aliphatic heterocycles. The van der Waals surface area contributed by atoms with Crippen LogP contribution in [0.1, 0.15) is 77.6 Å². The molecule has 126 valence electrons. The van der Waals surface area contributed by atoms with Gasteiger partial charge in [-0.1, -0.05) is 68.8 Å². The van der Waals surface area contributed by atoms with Crippen LogP contribution in [0.5, 0.6) is 0 Å². The summed E-state index contributed by atoms with van der Waals surface area (Å²) in [4.78, 5) is 0. The van der Waals surface area contributed by atoms with Crippen LogP contribution in [0, 0.1) is 17.8 Å². The predicted molar refractivity (Wildman–Crippen MR) is 103 cm³/mol. The van der Waals surface area contributed by atoms with Crippen molar-refractivity contribution in [3.63, 3.8) is 0 Å². The van der Waals surface area contributed by atoms with Gasteiger partial charge in [0.05, 0.1) is 0 Å². The lowest BCUT2D eigenvalue weighted by Crippen LogP contribution is -2.25. The molecule has 0 nitrogen and oxygen atoms in total. The third kappa shape index (κ3) is 6.06. The second kappa shape index (κ2) is 10.5. The summed E-state index contributed by atoms with van der Waals surface area (Å²) < 4.78 is 0. The zero-order valence-corrected chi connectivity index (χ0v) is 16.4. The molecule has 0 unspecified atom stereocenters. The highest BCUT2D eigenvalue weighted by atomic mass is 28.2. The van der Waals surface area contributed by atoms with E-state index in [0.717, 1.165) is 24.2 Å². The van der Waals surface area contributed by atoms with E-state index in [-0.39, 0.29) is 9.52 Å². The second-order valence-electron chi connectivity index (χ2n) is 7.89. The molecule has 0 radical (unpaired) electrons. The van der Waals surface area contributed by atoms with E-state index < -0.39 is 0 Å². The molecule has 1 heteroatoms. The molecule has 2 fully saturated rings. The first-order chi connectivity index (χ1) is 10.8. The van der Waals surface area contributed by atoms with E-state index in [0.29, 0.717) is 0 Å². The van der Waals surface area contributed by atoms with Crippen LogP contribution >= 0.6 is 0 Å². The first-order valence-electron chi connectivity index (χ1n) is 10.1. The Labute approximate surface area is 141 Å². The van der Waals surface area contributed by atoms with Gasteiger partial charge >= 0.3 is 0 Å². The van der Waals surface area contributed by atoms with Gasteiger partial charge in [0, 0.05) is 9.52 Å². The molecule has 22 heavy (non-hydrogen) atoms. The molecule has 0 bridgehead atoms. The van der Waals surface area contributed by atoms with Crippen molar-refractivity contribution in [1.82, 2.24) is 0 Å². The number of allylic oxidation sites excluding steroid dienone is 3. The molecule has 0 saturated heterocycles. The highest BCUT2D eigenvalue weighted by Crippen LogP contribution is 2.43. The fourth-order valence-corrected chi connectivity index (χ4v) is 6.79. The number of rotatable bonds is 8. The van der Waals surface area contributed by atoms with Gasteiger partial charge in [-0.05, 0) is 56.3 Å². The molecule has 0 aromatic heterocycles. The van der Waals surface area contributed by atoms with Crippen molar-refractivity contribution < 1.29 is 0 Å². The molecule has 0 spiro atoms. The van der Waals surface area contributed by atoms with E-state index in [1.54, 1.807) is 31.7 Å². The topological polar surface area (TPSA) is 0 Å². The maximum absolute atomic E-state index is 3.80. The average molecular weight is 319 g/mol. The van der Waals surface area contributed by atoms with Crippen molar-refractivity contribution in [1.29, 1.82) is 0 Å². The van der Waals surface area contributed by atoms with Gasteiger partial charge in [-0.15, -0.1) is 6.58 Å². The van der Waals surface area contributed by atoms with Crippen LogP contribution < -0.4 is 0 Å². The second-order valence-corrected chi connectivity index (χ2v) is 10.3. The van der Waals surface area contributed by atoms with Crippen molar-refractivity contribution in [2.75, 3.05) is 0 Å². The Morgan fingerprint density at radius 3 is 2.14 bits per heavy atom. The summed E-state index contributed by atoms with van der Waals surface area (Å²) in [6.07, 6.45) is 23.0. The predicted octanol–water partition coefficient (Wildman–Crippen LogP) is 6.29. The summed E-state index contributed by atoms with van der Waals surface area (Å²) >= 11 is 0. The number of unbranched alkanes of at least 4 members (excludes halogenated alkanes) is 1.